The summed E-state index contributed by atoms with van der Waals surface area (Å²) in [5.41, 5.74) is 4.81. The van der Waals surface area contributed by atoms with E-state index in [2.05, 4.69) is 27.4 Å². The molecule has 0 unspecified atom stereocenters. The smallest absolute Gasteiger partial charge is 0.136 e. The van der Waals surface area contributed by atoms with Crippen LogP contribution in [0.15, 0.2) is 66.7 Å². The first-order chi connectivity index (χ1) is 16.7. The number of hydrogen-bond acceptors (Lipinski definition) is 5. The van der Waals surface area contributed by atoms with Crippen LogP contribution in [0.2, 0.25) is 0 Å². The highest BCUT2D eigenvalue weighted by atomic mass is 16.5. The number of ether oxygens (including phenoxy) is 1. The Labute approximate surface area is 201 Å². The molecule has 0 aromatic heterocycles. The van der Waals surface area contributed by atoms with Crippen molar-refractivity contribution in [1.82, 2.24) is 10.2 Å². The second kappa shape index (κ2) is 10.0. The standard InChI is InChI=1S/C28H29N5O/c1-21-18-24(34-23-7-3-2-4-8-23)10-12-27(21)33-20-31-26-11-9-22(19-25(26)28(33)29)6-5-15-32-16-13-30-14-17-32/h2-4,7-12,18-19,29-31H,13-17,20H2,1H3. The van der Waals surface area contributed by atoms with Gasteiger partial charge < -0.3 is 20.3 Å². The number of amidine groups is 1. The van der Waals surface area contributed by atoms with Crippen LogP contribution in [-0.4, -0.2) is 50.1 Å². The molecule has 0 aliphatic carbocycles. The molecule has 2 heterocycles. The maximum atomic E-state index is 8.92. The van der Waals surface area contributed by atoms with Crippen molar-refractivity contribution in [3.05, 3.63) is 83.4 Å². The maximum absolute atomic E-state index is 8.92. The molecule has 3 aromatic carbocycles. The van der Waals surface area contributed by atoms with Gasteiger partial charge in [0.05, 0.1) is 13.2 Å². The van der Waals surface area contributed by atoms with E-state index in [1.165, 1.54) is 0 Å². The number of piperazine rings is 1. The highest BCUT2D eigenvalue weighted by Crippen LogP contribution is 2.32. The van der Waals surface area contributed by atoms with Crippen LogP contribution < -0.4 is 20.3 Å². The van der Waals surface area contributed by atoms with Crippen molar-refractivity contribution in [2.45, 2.75) is 6.92 Å². The molecule has 3 N–H and O–H groups in total. The van der Waals surface area contributed by atoms with Crippen molar-refractivity contribution in [1.29, 1.82) is 5.41 Å². The monoisotopic (exact) mass is 451 g/mol. The van der Waals surface area contributed by atoms with E-state index in [9.17, 15) is 0 Å². The van der Waals surface area contributed by atoms with Crippen LogP contribution >= 0.6 is 0 Å². The van der Waals surface area contributed by atoms with Gasteiger partial charge in [-0.2, -0.15) is 0 Å². The molecule has 34 heavy (non-hydrogen) atoms. The summed E-state index contributed by atoms with van der Waals surface area (Å²) in [5, 5.41) is 15.7. The molecule has 2 aliphatic rings. The first-order valence-corrected chi connectivity index (χ1v) is 11.7. The van der Waals surface area contributed by atoms with Gasteiger partial charge in [0.25, 0.3) is 0 Å². The number of rotatable bonds is 4. The Balaban J connectivity index is 1.32. The molecule has 0 spiro atoms. The van der Waals surface area contributed by atoms with E-state index >= 15 is 0 Å². The zero-order valence-electron chi connectivity index (χ0n) is 19.4. The van der Waals surface area contributed by atoms with Gasteiger partial charge in [0.15, 0.2) is 0 Å². The van der Waals surface area contributed by atoms with Crippen molar-refractivity contribution >= 4 is 17.2 Å². The number of hydrogen-bond donors (Lipinski definition) is 3. The van der Waals surface area contributed by atoms with Crippen molar-refractivity contribution in [3.8, 4) is 23.3 Å². The molecule has 0 saturated carbocycles. The maximum Gasteiger partial charge on any atom is 0.136 e. The third-order valence-corrected chi connectivity index (χ3v) is 6.16. The fraction of sp³-hybridized carbons (Fsp3) is 0.250. The third-order valence-electron chi connectivity index (χ3n) is 6.16. The first kappa shape index (κ1) is 22.0. The second-order valence-corrected chi connectivity index (χ2v) is 8.56. The van der Waals surface area contributed by atoms with Crippen LogP contribution in [0.25, 0.3) is 0 Å². The van der Waals surface area contributed by atoms with Crippen LogP contribution in [0.5, 0.6) is 11.5 Å². The molecule has 0 atom stereocenters. The predicted molar refractivity (Wildman–Crippen MR) is 138 cm³/mol. The van der Waals surface area contributed by atoms with Gasteiger partial charge in [-0.3, -0.25) is 10.3 Å². The van der Waals surface area contributed by atoms with Gasteiger partial charge >= 0.3 is 0 Å². The van der Waals surface area contributed by atoms with E-state index < -0.39 is 0 Å². The Morgan fingerprint density at radius 3 is 2.59 bits per heavy atom. The van der Waals surface area contributed by atoms with Crippen LogP contribution in [0, 0.1) is 24.2 Å². The minimum atomic E-state index is 0.472. The molecule has 3 aromatic rings. The van der Waals surface area contributed by atoms with Crippen molar-refractivity contribution in [2.75, 3.05) is 49.6 Å². The van der Waals surface area contributed by atoms with Gasteiger partial charge in [0, 0.05) is 48.7 Å². The number of benzene rings is 3. The quantitative estimate of drug-likeness (QED) is 0.518. The Kier molecular flexibility index (Phi) is 6.48. The summed E-state index contributed by atoms with van der Waals surface area (Å²) in [4.78, 5) is 4.35. The Morgan fingerprint density at radius 2 is 1.79 bits per heavy atom. The SMILES string of the molecule is Cc1cc(Oc2ccccc2)ccc1N1CNc2ccc(C#CCN3CCNCC3)cc2C1=N. The number of para-hydroxylation sites is 1. The lowest BCUT2D eigenvalue weighted by molar-refractivity contribution is 0.268. The molecule has 172 valence electrons. The Hall–Kier alpha value is -3.79. The lowest BCUT2D eigenvalue weighted by Crippen LogP contribution is -2.43. The van der Waals surface area contributed by atoms with Crippen molar-refractivity contribution in [3.63, 3.8) is 0 Å². The minimum absolute atomic E-state index is 0.472. The van der Waals surface area contributed by atoms with Crippen LogP contribution in [-0.2, 0) is 0 Å². The number of nitrogens with one attached hydrogen (secondary N) is 3. The number of nitrogens with zero attached hydrogens (tertiary/aromatic N) is 2. The second-order valence-electron chi connectivity index (χ2n) is 8.56. The van der Waals surface area contributed by atoms with E-state index in [1.54, 1.807) is 0 Å². The number of fused-ring (bicyclic) bond motifs is 1. The molecule has 1 fully saturated rings. The molecular weight excluding hydrogens is 422 g/mol. The summed E-state index contributed by atoms with van der Waals surface area (Å²) in [5.74, 6) is 8.65. The van der Waals surface area contributed by atoms with Gasteiger partial charge in [-0.15, -0.1) is 0 Å². The lowest BCUT2D eigenvalue weighted by atomic mass is 10.0. The first-order valence-electron chi connectivity index (χ1n) is 11.7. The van der Waals surface area contributed by atoms with E-state index in [0.29, 0.717) is 12.5 Å². The summed E-state index contributed by atoms with van der Waals surface area (Å²) >= 11 is 0. The van der Waals surface area contributed by atoms with E-state index in [-0.39, 0.29) is 0 Å². The van der Waals surface area contributed by atoms with Gasteiger partial charge in [0.1, 0.15) is 17.3 Å². The van der Waals surface area contributed by atoms with Gasteiger partial charge in [-0.25, -0.2) is 0 Å². The third kappa shape index (κ3) is 4.91. The largest absolute Gasteiger partial charge is 0.457 e. The molecule has 2 aliphatic heterocycles. The summed E-state index contributed by atoms with van der Waals surface area (Å²) in [6, 6.07) is 21.8. The minimum Gasteiger partial charge on any atom is -0.457 e. The highest BCUT2D eigenvalue weighted by Gasteiger charge is 2.23. The summed E-state index contributed by atoms with van der Waals surface area (Å²) in [6.07, 6.45) is 0. The van der Waals surface area contributed by atoms with Crippen molar-refractivity contribution in [2.24, 2.45) is 0 Å². The normalized spacial score (nSPS) is 15.7. The highest BCUT2D eigenvalue weighted by molar-refractivity contribution is 6.13. The molecule has 1 saturated heterocycles. The van der Waals surface area contributed by atoms with E-state index in [4.69, 9.17) is 10.1 Å². The molecule has 5 rings (SSSR count). The van der Waals surface area contributed by atoms with E-state index in [0.717, 1.165) is 72.3 Å². The van der Waals surface area contributed by atoms with Crippen molar-refractivity contribution < 1.29 is 4.74 Å². The average Bonchev–Trinajstić information content (AvgIpc) is 2.86. The molecule has 0 radical (unpaired) electrons. The zero-order valence-corrected chi connectivity index (χ0v) is 19.4. The predicted octanol–water partition coefficient (Wildman–Crippen LogP) is 4.26. The lowest BCUT2D eigenvalue weighted by Gasteiger charge is -2.33. The summed E-state index contributed by atoms with van der Waals surface area (Å²) < 4.78 is 5.97. The molecular formula is C28H29N5O. The van der Waals surface area contributed by atoms with Crippen LogP contribution in [0.4, 0.5) is 11.4 Å². The van der Waals surface area contributed by atoms with E-state index in [1.807, 2.05) is 78.6 Å². The topological polar surface area (TPSA) is 63.6 Å². The summed E-state index contributed by atoms with van der Waals surface area (Å²) in [7, 11) is 0. The van der Waals surface area contributed by atoms with Gasteiger partial charge in [-0.05, 0) is 61.0 Å². The molecule has 6 heteroatoms. The van der Waals surface area contributed by atoms with Crippen LogP contribution in [0.3, 0.4) is 0 Å². The Bertz CT molecular complexity index is 1240. The number of aryl methyl sites for hydroxylation is 1. The Morgan fingerprint density at radius 1 is 0.971 bits per heavy atom. The number of anilines is 2. The fourth-order valence-electron chi connectivity index (χ4n) is 4.31. The van der Waals surface area contributed by atoms with Crippen LogP contribution in [0.1, 0.15) is 16.7 Å². The average molecular weight is 452 g/mol. The molecule has 0 bridgehead atoms. The zero-order chi connectivity index (χ0) is 23.3. The molecule has 6 nitrogen and oxygen atoms in total. The van der Waals surface area contributed by atoms with Gasteiger partial charge in [-0.1, -0.05) is 30.0 Å². The summed E-state index contributed by atoms with van der Waals surface area (Å²) in [6.45, 7) is 7.49. The fourth-order valence-corrected chi connectivity index (χ4v) is 4.31. The van der Waals surface area contributed by atoms with Gasteiger partial charge in [0.2, 0.25) is 0 Å². The molecule has 0 amide bonds.